The van der Waals surface area contributed by atoms with Crippen molar-refractivity contribution in [3.8, 4) is 11.1 Å². The van der Waals surface area contributed by atoms with Crippen LogP contribution in [0.3, 0.4) is 0 Å². The molecule has 40 heavy (non-hydrogen) atoms. The van der Waals surface area contributed by atoms with Crippen molar-refractivity contribution in [2.24, 2.45) is 0 Å². The van der Waals surface area contributed by atoms with Crippen LogP contribution in [-0.2, 0) is 0 Å². The van der Waals surface area contributed by atoms with Gasteiger partial charge < -0.3 is 9.80 Å². The molecule has 0 fully saturated rings. The molecule has 0 N–H and O–H groups in total. The molecule has 0 saturated heterocycles. The molecule has 0 radical (unpaired) electrons. The fourth-order valence-electron chi connectivity index (χ4n) is 4.59. The molecule has 6 aromatic carbocycles. The van der Waals surface area contributed by atoms with Gasteiger partial charge in [-0.15, -0.1) is 0 Å². The van der Waals surface area contributed by atoms with Crippen molar-refractivity contribution in [3.05, 3.63) is 169 Å². The van der Waals surface area contributed by atoms with Crippen LogP contribution in [0.25, 0.3) is 11.1 Å². The average Bonchev–Trinajstić information content (AvgIpc) is 3.09. The van der Waals surface area contributed by atoms with Crippen molar-refractivity contribution in [2.45, 2.75) is 13.8 Å². The van der Waals surface area contributed by atoms with Crippen molar-refractivity contribution in [3.63, 3.8) is 0 Å². The second-order valence-corrected chi connectivity index (χ2v) is 9.47. The molecule has 0 bridgehead atoms. The molecule has 0 atom stereocenters. The second kappa shape index (κ2) is 11.3. The molecule has 0 heterocycles. The molecule has 0 aliphatic rings. The minimum absolute atomic E-state index is 0.00660. The Kier molecular flexibility index (Phi) is 4.96. The Bertz CT molecular complexity index is 1940. The van der Waals surface area contributed by atoms with E-state index in [1.807, 2.05) is 123 Å². The third-order valence-electron chi connectivity index (χ3n) is 6.47. The zero-order valence-corrected chi connectivity index (χ0v) is 22.3. The lowest BCUT2D eigenvalue weighted by molar-refractivity contribution is 1.27. The number of hydrogen-bond donors (Lipinski definition) is 0. The van der Waals surface area contributed by atoms with Gasteiger partial charge in [0, 0.05) is 34.1 Å². The highest BCUT2D eigenvalue weighted by Crippen LogP contribution is 2.38. The zero-order valence-electron chi connectivity index (χ0n) is 30.3. The van der Waals surface area contributed by atoms with Crippen LogP contribution in [0.2, 0.25) is 0 Å². The van der Waals surface area contributed by atoms with Gasteiger partial charge in [-0.3, -0.25) is 0 Å². The van der Waals surface area contributed by atoms with Crippen LogP contribution < -0.4 is 9.80 Å². The summed E-state index contributed by atoms with van der Waals surface area (Å²) in [5.74, 6) is 0. The van der Waals surface area contributed by atoms with Gasteiger partial charge in [-0.25, -0.2) is 0 Å². The Morgan fingerprint density at radius 1 is 0.375 bits per heavy atom. The summed E-state index contributed by atoms with van der Waals surface area (Å²) < 4.78 is 73.1. The van der Waals surface area contributed by atoms with E-state index < -0.39 is 24.2 Å². The summed E-state index contributed by atoms with van der Waals surface area (Å²) in [6, 6.07) is 29.9. The van der Waals surface area contributed by atoms with Crippen LogP contribution in [0.15, 0.2) is 158 Å². The van der Waals surface area contributed by atoms with E-state index >= 15 is 0 Å². The fourth-order valence-corrected chi connectivity index (χ4v) is 4.59. The number of nitrogens with zero attached hydrogens (tertiary/aromatic N) is 2. The van der Waals surface area contributed by atoms with Crippen molar-refractivity contribution >= 4 is 34.1 Å². The van der Waals surface area contributed by atoms with Crippen molar-refractivity contribution in [1.29, 1.82) is 0 Å². The Morgan fingerprint density at radius 2 is 0.725 bits per heavy atom. The second-order valence-electron chi connectivity index (χ2n) is 9.47. The molecular formula is C38H32N2. The van der Waals surface area contributed by atoms with Gasteiger partial charge in [-0.05, 0) is 109 Å². The van der Waals surface area contributed by atoms with Gasteiger partial charge in [-0.2, -0.15) is 0 Å². The van der Waals surface area contributed by atoms with Gasteiger partial charge in [0.15, 0.2) is 0 Å². The molecule has 2 heteroatoms. The molecular weight excluding hydrogens is 484 g/mol. The Morgan fingerprint density at radius 3 is 1.07 bits per heavy atom. The molecule has 0 aromatic heterocycles. The van der Waals surface area contributed by atoms with Crippen molar-refractivity contribution in [2.75, 3.05) is 9.80 Å². The number of anilines is 6. The third kappa shape index (κ3) is 5.39. The standard InChI is InChI=1S/C38H32N2/c1-29-11-9-17-37(27-29)39(33-13-5-3-6-14-33)35-23-19-31(20-24-35)32-21-25-36(26-22-32)40(34-15-7-4-8-16-34)38-18-10-12-30(2)28-38/h3-28H,1-2H3/i19D,20D,21D,22D,23D,24D,25D,26D. The molecule has 0 spiro atoms. The first-order valence-electron chi connectivity index (χ1n) is 17.1. The molecule has 0 aliphatic carbocycles. The molecule has 194 valence electrons. The van der Waals surface area contributed by atoms with E-state index in [0.717, 1.165) is 11.1 Å². The molecule has 0 aliphatic heterocycles. The van der Waals surface area contributed by atoms with E-state index in [1.54, 1.807) is 9.80 Å². The summed E-state index contributed by atoms with van der Waals surface area (Å²) >= 11 is 0. The first-order chi connectivity index (χ1) is 23.0. The lowest BCUT2D eigenvalue weighted by Gasteiger charge is -2.26. The van der Waals surface area contributed by atoms with Crippen molar-refractivity contribution in [1.82, 2.24) is 0 Å². The van der Waals surface area contributed by atoms with E-state index in [0.29, 0.717) is 22.7 Å². The van der Waals surface area contributed by atoms with Crippen LogP contribution >= 0.6 is 0 Å². The lowest BCUT2D eigenvalue weighted by atomic mass is 10.0. The van der Waals surface area contributed by atoms with Crippen LogP contribution in [0, 0.1) is 13.8 Å². The average molecular weight is 525 g/mol. The maximum absolute atomic E-state index is 9.15. The Hall–Kier alpha value is -5.08. The number of rotatable bonds is 7. The van der Waals surface area contributed by atoms with Gasteiger partial charge in [-0.1, -0.05) is 84.8 Å². The largest absolute Gasteiger partial charge is 0.310 e. The first-order valence-corrected chi connectivity index (χ1v) is 13.1. The molecule has 0 unspecified atom stereocenters. The zero-order chi connectivity index (χ0) is 34.3. The van der Waals surface area contributed by atoms with E-state index in [2.05, 4.69) is 0 Å². The van der Waals surface area contributed by atoms with Crippen LogP contribution in [-0.4, -0.2) is 0 Å². The summed E-state index contributed by atoms with van der Waals surface area (Å²) in [4.78, 5) is 3.32. The molecule has 2 nitrogen and oxygen atoms in total. The lowest BCUT2D eigenvalue weighted by Crippen LogP contribution is -2.10. The maximum atomic E-state index is 9.15. The highest BCUT2D eigenvalue weighted by atomic mass is 15.1. The van der Waals surface area contributed by atoms with Gasteiger partial charge >= 0.3 is 0 Å². The summed E-state index contributed by atoms with van der Waals surface area (Å²) in [7, 11) is 0. The van der Waals surface area contributed by atoms with Crippen molar-refractivity contribution < 1.29 is 11.0 Å². The molecule has 0 amide bonds. The van der Waals surface area contributed by atoms with Crippen LogP contribution in [0.1, 0.15) is 22.1 Å². The van der Waals surface area contributed by atoms with Gasteiger partial charge in [0.1, 0.15) is 0 Å². The number of benzene rings is 6. The minimum atomic E-state index is -0.466. The monoisotopic (exact) mass is 524 g/mol. The van der Waals surface area contributed by atoms with Gasteiger partial charge in [0.25, 0.3) is 0 Å². The minimum Gasteiger partial charge on any atom is -0.310 e. The normalized spacial score (nSPS) is 13.6. The predicted molar refractivity (Wildman–Crippen MR) is 171 cm³/mol. The summed E-state index contributed by atoms with van der Waals surface area (Å²) in [5.41, 5.74) is 3.84. The Balaban J connectivity index is 1.60. The molecule has 6 aromatic rings. The number of aryl methyl sites for hydroxylation is 2. The highest BCUT2D eigenvalue weighted by Gasteiger charge is 2.14. The van der Waals surface area contributed by atoms with Gasteiger partial charge in [0.05, 0.1) is 11.0 Å². The van der Waals surface area contributed by atoms with E-state index in [1.165, 1.54) is 0 Å². The van der Waals surface area contributed by atoms with E-state index in [4.69, 9.17) is 11.0 Å². The maximum Gasteiger partial charge on any atom is 0.0645 e. The summed E-state index contributed by atoms with van der Waals surface area (Å²) in [6.45, 7) is 3.85. The fraction of sp³-hybridized carbons (Fsp3) is 0.0526. The quantitative estimate of drug-likeness (QED) is 0.205. The topological polar surface area (TPSA) is 6.48 Å². The number of para-hydroxylation sites is 2. The van der Waals surface area contributed by atoms with Crippen LogP contribution in [0.4, 0.5) is 34.1 Å². The van der Waals surface area contributed by atoms with E-state index in [-0.39, 0.29) is 46.7 Å². The van der Waals surface area contributed by atoms with Gasteiger partial charge in [0.2, 0.25) is 0 Å². The summed E-state index contributed by atoms with van der Waals surface area (Å²) in [6.07, 6.45) is 0. The Labute approximate surface area is 248 Å². The van der Waals surface area contributed by atoms with Crippen LogP contribution in [0.5, 0.6) is 0 Å². The molecule has 6 rings (SSSR count). The highest BCUT2D eigenvalue weighted by molar-refractivity contribution is 5.80. The van der Waals surface area contributed by atoms with E-state index in [9.17, 15) is 0 Å². The first kappa shape index (κ1) is 17.5. The number of hydrogen-bond acceptors (Lipinski definition) is 2. The summed E-state index contributed by atoms with van der Waals surface area (Å²) in [5, 5.41) is 0. The third-order valence-corrected chi connectivity index (χ3v) is 6.47. The molecule has 0 saturated carbocycles. The SMILES string of the molecule is [2H]c1c([2H])c(N(c2ccccc2)c2cccc(C)c2)c([2H])c([2H])c1-c1c([2H])c([2H])c(N(c2ccccc2)c2cccc(C)c2)c([2H])c1[2H]. The predicted octanol–water partition coefficient (Wildman–Crippen LogP) is 10.9. The smallest absolute Gasteiger partial charge is 0.0645 e.